The first-order chi connectivity index (χ1) is 9.80. The quantitative estimate of drug-likeness (QED) is 0.604. The van der Waals surface area contributed by atoms with Crippen molar-refractivity contribution < 1.29 is 5.11 Å². The monoisotopic (exact) mass is 290 g/mol. The van der Waals surface area contributed by atoms with E-state index in [1.54, 1.807) is 0 Å². The lowest BCUT2D eigenvalue weighted by molar-refractivity contribution is 0.102. The minimum atomic E-state index is -0.682. The molecule has 1 nitrogen and oxygen atoms in total. The van der Waals surface area contributed by atoms with E-state index in [0.717, 1.165) is 32.1 Å². The smallest absolute Gasteiger partial charge is 0.0802 e. The summed E-state index contributed by atoms with van der Waals surface area (Å²) < 4.78 is 0. The molecule has 1 rings (SSSR count). The molecule has 120 valence electrons. The van der Waals surface area contributed by atoms with Crippen molar-refractivity contribution in [3.63, 3.8) is 0 Å². The second-order valence-corrected chi connectivity index (χ2v) is 7.34. The number of rotatable bonds is 1. The molecule has 21 heavy (non-hydrogen) atoms. The molecule has 0 amide bonds. The Morgan fingerprint density at radius 1 is 1.10 bits per heavy atom. The first kappa shape index (κ1) is 18.2. The minimum absolute atomic E-state index is 0.556. The molecule has 0 aromatic rings. The van der Waals surface area contributed by atoms with Gasteiger partial charge in [-0.2, -0.15) is 0 Å². The molecule has 1 aliphatic rings. The molecule has 0 saturated carbocycles. The van der Waals surface area contributed by atoms with Crippen LogP contribution < -0.4 is 0 Å². The number of allylic oxidation sites excluding steroid dienone is 5. The molecule has 0 bridgehead atoms. The summed E-state index contributed by atoms with van der Waals surface area (Å²) in [6.45, 7) is 10.9. The summed E-state index contributed by atoms with van der Waals surface area (Å²) >= 11 is 0. The Kier molecular flexibility index (Phi) is 7.45. The topological polar surface area (TPSA) is 20.2 Å². The standard InChI is InChI=1S/C20H34O/c1-16(2)19-12-11-18(4)9-6-8-17(3)10-7-14-20(5,21)15-13-19/h9-10,13,15-16,19,21H,6-8,11-12,14H2,1-5H3/b15-13-,17-10-,18-9-. The molecule has 0 aromatic carbocycles. The highest BCUT2D eigenvalue weighted by molar-refractivity contribution is 5.08. The van der Waals surface area contributed by atoms with Crippen molar-refractivity contribution in [1.82, 2.24) is 0 Å². The van der Waals surface area contributed by atoms with E-state index in [1.165, 1.54) is 17.6 Å². The molecule has 0 heterocycles. The van der Waals surface area contributed by atoms with E-state index in [4.69, 9.17) is 0 Å². The number of aliphatic hydroxyl groups is 1. The molecule has 0 aromatic heterocycles. The molecular weight excluding hydrogens is 256 g/mol. The van der Waals surface area contributed by atoms with Crippen molar-refractivity contribution in [2.45, 2.75) is 78.7 Å². The van der Waals surface area contributed by atoms with Crippen LogP contribution in [0.25, 0.3) is 0 Å². The highest BCUT2D eigenvalue weighted by Crippen LogP contribution is 2.25. The Bertz CT molecular complexity index is 396. The molecule has 1 heteroatoms. The average Bonchev–Trinajstić information content (AvgIpc) is 2.37. The molecule has 2 unspecified atom stereocenters. The van der Waals surface area contributed by atoms with E-state index in [2.05, 4.69) is 45.9 Å². The summed E-state index contributed by atoms with van der Waals surface area (Å²) in [5, 5.41) is 10.5. The maximum absolute atomic E-state index is 10.5. The first-order valence-corrected chi connectivity index (χ1v) is 8.53. The van der Waals surface area contributed by atoms with Gasteiger partial charge in [-0.15, -0.1) is 0 Å². The molecule has 0 spiro atoms. The van der Waals surface area contributed by atoms with Crippen molar-refractivity contribution >= 4 is 0 Å². The van der Waals surface area contributed by atoms with Crippen LogP contribution >= 0.6 is 0 Å². The van der Waals surface area contributed by atoms with Crippen molar-refractivity contribution in [2.75, 3.05) is 0 Å². The maximum atomic E-state index is 10.5. The summed E-state index contributed by atoms with van der Waals surface area (Å²) in [7, 11) is 0. The minimum Gasteiger partial charge on any atom is -0.386 e. The van der Waals surface area contributed by atoms with Crippen LogP contribution in [0.3, 0.4) is 0 Å². The predicted molar refractivity (Wildman–Crippen MR) is 93.3 cm³/mol. The van der Waals surface area contributed by atoms with Gasteiger partial charge in [0.05, 0.1) is 5.60 Å². The molecule has 0 fully saturated rings. The third kappa shape index (κ3) is 7.66. The summed E-state index contributed by atoms with van der Waals surface area (Å²) in [6, 6.07) is 0. The lowest BCUT2D eigenvalue weighted by Gasteiger charge is -2.22. The van der Waals surface area contributed by atoms with Gasteiger partial charge in [-0.25, -0.2) is 0 Å². The van der Waals surface area contributed by atoms with Crippen molar-refractivity contribution in [1.29, 1.82) is 0 Å². The molecule has 2 atom stereocenters. The van der Waals surface area contributed by atoms with Crippen molar-refractivity contribution in [3.8, 4) is 0 Å². The number of hydrogen-bond acceptors (Lipinski definition) is 1. The highest BCUT2D eigenvalue weighted by atomic mass is 16.3. The Balaban J connectivity index is 2.87. The zero-order valence-electron chi connectivity index (χ0n) is 14.7. The van der Waals surface area contributed by atoms with Gasteiger partial charge in [-0.05, 0) is 71.1 Å². The summed E-state index contributed by atoms with van der Waals surface area (Å²) in [5.74, 6) is 1.18. The summed E-state index contributed by atoms with van der Waals surface area (Å²) in [4.78, 5) is 0. The van der Waals surface area contributed by atoms with Crippen LogP contribution in [-0.4, -0.2) is 10.7 Å². The van der Waals surface area contributed by atoms with Gasteiger partial charge < -0.3 is 5.11 Å². The van der Waals surface area contributed by atoms with Crippen LogP contribution in [0.15, 0.2) is 35.5 Å². The van der Waals surface area contributed by atoms with E-state index in [9.17, 15) is 5.11 Å². The zero-order chi connectivity index (χ0) is 15.9. The van der Waals surface area contributed by atoms with Gasteiger partial charge in [0.15, 0.2) is 0 Å². The Hall–Kier alpha value is -0.820. The third-order valence-electron chi connectivity index (χ3n) is 4.61. The average molecular weight is 290 g/mol. The van der Waals surface area contributed by atoms with Gasteiger partial charge in [0.2, 0.25) is 0 Å². The number of hydrogen-bond donors (Lipinski definition) is 1. The van der Waals surface area contributed by atoms with Gasteiger partial charge >= 0.3 is 0 Å². The van der Waals surface area contributed by atoms with Gasteiger partial charge in [0, 0.05) is 0 Å². The van der Waals surface area contributed by atoms with Crippen molar-refractivity contribution in [3.05, 3.63) is 35.5 Å². The van der Waals surface area contributed by atoms with E-state index < -0.39 is 5.60 Å². The molecule has 0 saturated heterocycles. The maximum Gasteiger partial charge on any atom is 0.0802 e. The van der Waals surface area contributed by atoms with Crippen LogP contribution in [0.2, 0.25) is 0 Å². The SMILES string of the molecule is C/C1=C/CCC(C)(O)/C=C\C(C(C)C)CC/C(C)=C\CC1. The molecule has 1 aliphatic carbocycles. The van der Waals surface area contributed by atoms with Crippen LogP contribution in [-0.2, 0) is 0 Å². The Labute approximate surface area is 131 Å². The fourth-order valence-electron chi connectivity index (χ4n) is 2.82. The molecule has 1 N–H and O–H groups in total. The molecule has 0 radical (unpaired) electrons. The summed E-state index contributed by atoms with van der Waals surface area (Å²) in [5.41, 5.74) is 2.26. The van der Waals surface area contributed by atoms with E-state index in [-0.39, 0.29) is 0 Å². The fraction of sp³-hybridized carbons (Fsp3) is 0.700. The second kappa shape index (κ2) is 8.58. The van der Waals surface area contributed by atoms with E-state index in [0.29, 0.717) is 11.8 Å². The first-order valence-electron chi connectivity index (χ1n) is 8.53. The lowest BCUT2D eigenvalue weighted by atomic mass is 9.87. The normalized spacial score (nSPS) is 36.2. The largest absolute Gasteiger partial charge is 0.386 e. The van der Waals surface area contributed by atoms with Crippen LogP contribution in [0.5, 0.6) is 0 Å². The van der Waals surface area contributed by atoms with Gasteiger partial charge in [0.25, 0.3) is 0 Å². The molecule has 0 aliphatic heterocycles. The summed E-state index contributed by atoms with van der Waals surface area (Å²) in [6.07, 6.45) is 15.4. The van der Waals surface area contributed by atoms with Crippen LogP contribution in [0.1, 0.15) is 73.1 Å². The molecular formula is C20H34O. The predicted octanol–water partition coefficient (Wildman–Crippen LogP) is 5.81. The Morgan fingerprint density at radius 2 is 1.71 bits per heavy atom. The lowest BCUT2D eigenvalue weighted by Crippen LogP contribution is -2.21. The zero-order valence-corrected chi connectivity index (χ0v) is 14.7. The van der Waals surface area contributed by atoms with Gasteiger partial charge in [-0.1, -0.05) is 49.3 Å². The third-order valence-corrected chi connectivity index (χ3v) is 4.61. The Morgan fingerprint density at radius 3 is 2.38 bits per heavy atom. The second-order valence-electron chi connectivity index (χ2n) is 7.34. The van der Waals surface area contributed by atoms with Gasteiger partial charge in [-0.3, -0.25) is 0 Å². The van der Waals surface area contributed by atoms with Gasteiger partial charge in [0.1, 0.15) is 0 Å². The van der Waals surface area contributed by atoms with E-state index in [1.807, 2.05) is 13.0 Å². The van der Waals surface area contributed by atoms with Crippen LogP contribution in [0.4, 0.5) is 0 Å². The highest BCUT2D eigenvalue weighted by Gasteiger charge is 2.17. The fourth-order valence-corrected chi connectivity index (χ4v) is 2.82. The van der Waals surface area contributed by atoms with Crippen LogP contribution in [0, 0.1) is 11.8 Å². The van der Waals surface area contributed by atoms with Crippen molar-refractivity contribution in [2.24, 2.45) is 11.8 Å². The van der Waals surface area contributed by atoms with E-state index >= 15 is 0 Å².